The molecular formula is C14H27NO2. The van der Waals surface area contributed by atoms with Gasteiger partial charge in [-0.15, -0.1) is 0 Å². The van der Waals surface area contributed by atoms with Crippen molar-refractivity contribution in [1.82, 2.24) is 4.90 Å². The second kappa shape index (κ2) is 6.17. The van der Waals surface area contributed by atoms with Crippen molar-refractivity contribution in [3.63, 3.8) is 0 Å². The van der Waals surface area contributed by atoms with Crippen LogP contribution >= 0.6 is 0 Å². The van der Waals surface area contributed by atoms with Gasteiger partial charge in [0, 0.05) is 38.3 Å². The maximum atomic E-state index is 9.62. The molecule has 0 unspecified atom stereocenters. The van der Waals surface area contributed by atoms with Gasteiger partial charge in [-0.05, 0) is 38.6 Å². The van der Waals surface area contributed by atoms with E-state index in [2.05, 4.69) is 11.9 Å². The minimum absolute atomic E-state index is 0.208. The van der Waals surface area contributed by atoms with Crippen LogP contribution in [0.3, 0.4) is 0 Å². The molecule has 0 radical (unpaired) electrons. The van der Waals surface area contributed by atoms with Crippen LogP contribution in [0.2, 0.25) is 0 Å². The number of nitrogens with zero attached hydrogens (tertiary/aromatic N) is 1. The van der Waals surface area contributed by atoms with E-state index in [1.54, 1.807) is 0 Å². The van der Waals surface area contributed by atoms with Crippen LogP contribution in [0.4, 0.5) is 0 Å². The Morgan fingerprint density at radius 2 is 1.88 bits per heavy atom. The van der Waals surface area contributed by atoms with E-state index in [-0.39, 0.29) is 5.41 Å². The molecule has 0 spiro atoms. The van der Waals surface area contributed by atoms with Crippen LogP contribution < -0.4 is 0 Å². The van der Waals surface area contributed by atoms with Gasteiger partial charge in [-0.1, -0.05) is 12.8 Å². The predicted octanol–water partition coefficient (Wildman–Crippen LogP) is 1.90. The SMILES string of the molecule is CN(CC1CCOCC1)CC1(CO)CCCC1. The van der Waals surface area contributed by atoms with Crippen molar-refractivity contribution in [3.05, 3.63) is 0 Å². The van der Waals surface area contributed by atoms with E-state index in [1.807, 2.05) is 0 Å². The first-order chi connectivity index (χ1) is 8.24. The van der Waals surface area contributed by atoms with Gasteiger partial charge in [0.1, 0.15) is 0 Å². The fourth-order valence-corrected chi connectivity index (χ4v) is 3.50. The van der Waals surface area contributed by atoms with Gasteiger partial charge in [0.25, 0.3) is 0 Å². The van der Waals surface area contributed by atoms with Crippen molar-refractivity contribution in [2.24, 2.45) is 11.3 Å². The summed E-state index contributed by atoms with van der Waals surface area (Å²) >= 11 is 0. The molecular weight excluding hydrogens is 214 g/mol. The Hall–Kier alpha value is -0.120. The van der Waals surface area contributed by atoms with Crippen molar-refractivity contribution in [2.45, 2.75) is 38.5 Å². The van der Waals surface area contributed by atoms with Crippen LogP contribution in [0.15, 0.2) is 0 Å². The topological polar surface area (TPSA) is 32.7 Å². The maximum Gasteiger partial charge on any atom is 0.0499 e. The molecule has 1 aliphatic heterocycles. The summed E-state index contributed by atoms with van der Waals surface area (Å²) in [4.78, 5) is 2.44. The molecule has 1 aliphatic carbocycles. The average Bonchev–Trinajstić information content (AvgIpc) is 2.79. The van der Waals surface area contributed by atoms with Gasteiger partial charge < -0.3 is 14.7 Å². The van der Waals surface area contributed by atoms with E-state index in [0.29, 0.717) is 6.61 Å². The predicted molar refractivity (Wildman–Crippen MR) is 69.0 cm³/mol. The Kier molecular flexibility index (Phi) is 4.83. The van der Waals surface area contributed by atoms with E-state index in [9.17, 15) is 5.11 Å². The highest BCUT2D eigenvalue weighted by atomic mass is 16.5. The third kappa shape index (κ3) is 3.67. The average molecular weight is 241 g/mol. The Morgan fingerprint density at radius 3 is 2.47 bits per heavy atom. The molecule has 3 nitrogen and oxygen atoms in total. The molecule has 2 rings (SSSR count). The van der Waals surface area contributed by atoms with Crippen molar-refractivity contribution >= 4 is 0 Å². The minimum Gasteiger partial charge on any atom is -0.396 e. The molecule has 1 N–H and O–H groups in total. The van der Waals surface area contributed by atoms with Crippen LogP contribution in [0.25, 0.3) is 0 Å². The van der Waals surface area contributed by atoms with Gasteiger partial charge in [0.15, 0.2) is 0 Å². The third-order valence-electron chi connectivity index (χ3n) is 4.52. The summed E-state index contributed by atoms with van der Waals surface area (Å²) < 4.78 is 5.40. The molecule has 1 saturated heterocycles. The summed E-state index contributed by atoms with van der Waals surface area (Å²) in [5, 5.41) is 9.62. The molecule has 0 aromatic carbocycles. The lowest BCUT2D eigenvalue weighted by molar-refractivity contribution is 0.0408. The van der Waals surface area contributed by atoms with Gasteiger partial charge in [-0.25, -0.2) is 0 Å². The van der Waals surface area contributed by atoms with Crippen LogP contribution in [0, 0.1) is 11.3 Å². The molecule has 0 amide bonds. The van der Waals surface area contributed by atoms with Crippen LogP contribution in [-0.4, -0.2) is 50.0 Å². The number of hydrogen-bond donors (Lipinski definition) is 1. The number of hydrogen-bond acceptors (Lipinski definition) is 3. The van der Waals surface area contributed by atoms with Crippen LogP contribution in [0.1, 0.15) is 38.5 Å². The molecule has 1 saturated carbocycles. The molecule has 2 fully saturated rings. The molecule has 0 bridgehead atoms. The zero-order valence-corrected chi connectivity index (χ0v) is 11.2. The summed E-state index contributed by atoms with van der Waals surface area (Å²) in [6.45, 7) is 4.48. The van der Waals surface area contributed by atoms with Crippen LogP contribution in [0.5, 0.6) is 0 Å². The van der Waals surface area contributed by atoms with Crippen molar-refractivity contribution in [2.75, 3.05) is 40.0 Å². The number of aliphatic hydroxyl groups excluding tert-OH is 1. The summed E-state index contributed by atoms with van der Waals surface area (Å²) in [7, 11) is 2.21. The second-order valence-electron chi connectivity index (χ2n) is 6.12. The zero-order chi connectivity index (χ0) is 12.1. The lowest BCUT2D eigenvalue weighted by Crippen LogP contribution is -2.39. The normalized spacial score (nSPS) is 25.6. The smallest absolute Gasteiger partial charge is 0.0499 e. The van der Waals surface area contributed by atoms with Gasteiger partial charge in [-0.3, -0.25) is 0 Å². The number of aliphatic hydroxyl groups is 1. The first-order valence-electron chi connectivity index (χ1n) is 7.11. The van der Waals surface area contributed by atoms with Crippen molar-refractivity contribution in [3.8, 4) is 0 Å². The van der Waals surface area contributed by atoms with Crippen molar-refractivity contribution in [1.29, 1.82) is 0 Å². The van der Waals surface area contributed by atoms with E-state index < -0.39 is 0 Å². The second-order valence-corrected chi connectivity index (χ2v) is 6.12. The molecule has 17 heavy (non-hydrogen) atoms. The monoisotopic (exact) mass is 241 g/mol. The number of ether oxygens (including phenoxy) is 1. The lowest BCUT2D eigenvalue weighted by atomic mass is 9.86. The highest BCUT2D eigenvalue weighted by molar-refractivity contribution is 4.87. The molecule has 0 atom stereocenters. The highest BCUT2D eigenvalue weighted by Crippen LogP contribution is 2.38. The minimum atomic E-state index is 0.208. The fourth-order valence-electron chi connectivity index (χ4n) is 3.50. The molecule has 2 aliphatic rings. The van der Waals surface area contributed by atoms with Crippen molar-refractivity contribution < 1.29 is 9.84 Å². The largest absolute Gasteiger partial charge is 0.396 e. The van der Waals surface area contributed by atoms with E-state index >= 15 is 0 Å². The molecule has 1 heterocycles. The van der Waals surface area contributed by atoms with Gasteiger partial charge >= 0.3 is 0 Å². The zero-order valence-electron chi connectivity index (χ0n) is 11.2. The Morgan fingerprint density at radius 1 is 1.24 bits per heavy atom. The first-order valence-corrected chi connectivity index (χ1v) is 7.11. The van der Waals surface area contributed by atoms with Gasteiger partial charge in [0.05, 0.1) is 0 Å². The standard InChI is InChI=1S/C14H27NO2/c1-15(10-13-4-8-17-9-5-13)11-14(12-16)6-2-3-7-14/h13,16H,2-12H2,1H3. The maximum absolute atomic E-state index is 9.62. The van der Waals surface area contributed by atoms with E-state index in [4.69, 9.17) is 4.74 Å². The van der Waals surface area contributed by atoms with Crippen LogP contribution in [-0.2, 0) is 4.74 Å². The van der Waals surface area contributed by atoms with Gasteiger partial charge in [-0.2, -0.15) is 0 Å². The molecule has 0 aromatic rings. The fraction of sp³-hybridized carbons (Fsp3) is 1.00. The summed E-state index contributed by atoms with van der Waals surface area (Å²) in [6, 6.07) is 0. The third-order valence-corrected chi connectivity index (χ3v) is 4.52. The molecule has 100 valence electrons. The quantitative estimate of drug-likeness (QED) is 0.798. The number of rotatable bonds is 5. The summed E-state index contributed by atoms with van der Waals surface area (Å²) in [5.41, 5.74) is 0.208. The molecule has 3 heteroatoms. The van der Waals surface area contributed by atoms with E-state index in [1.165, 1.54) is 45.1 Å². The lowest BCUT2D eigenvalue weighted by Gasteiger charge is -2.34. The first kappa shape index (κ1) is 13.3. The molecule has 0 aromatic heterocycles. The summed E-state index contributed by atoms with van der Waals surface area (Å²) in [5.74, 6) is 0.797. The Bertz CT molecular complexity index is 220. The van der Waals surface area contributed by atoms with Gasteiger partial charge in [0.2, 0.25) is 0 Å². The van der Waals surface area contributed by atoms with E-state index in [0.717, 1.165) is 25.7 Å². The summed E-state index contributed by atoms with van der Waals surface area (Å²) in [6.07, 6.45) is 7.42. The highest BCUT2D eigenvalue weighted by Gasteiger charge is 2.34. The Balaban J connectivity index is 1.77. The Labute approximate surface area is 105 Å².